The molecule has 0 aliphatic carbocycles. The molecule has 0 spiro atoms. The van der Waals surface area contributed by atoms with E-state index in [1.807, 2.05) is 13.8 Å². The van der Waals surface area contributed by atoms with Gasteiger partial charge in [0.15, 0.2) is 0 Å². The van der Waals surface area contributed by atoms with Gasteiger partial charge in [0.25, 0.3) is 5.91 Å². The second-order valence-electron chi connectivity index (χ2n) is 4.28. The average Bonchev–Trinajstić information content (AvgIpc) is 2.37. The van der Waals surface area contributed by atoms with Crippen molar-refractivity contribution in [3.8, 4) is 11.5 Å². The summed E-state index contributed by atoms with van der Waals surface area (Å²) in [7, 11) is 1.50. The van der Waals surface area contributed by atoms with Gasteiger partial charge in [-0.15, -0.1) is 11.6 Å². The lowest BCUT2D eigenvalue weighted by Gasteiger charge is -2.19. The summed E-state index contributed by atoms with van der Waals surface area (Å²) in [4.78, 5) is 11.9. The number of aromatic hydroxyl groups is 1. The Morgan fingerprint density at radius 1 is 1.50 bits per heavy atom. The molecular weight excluding hydrogens is 254 g/mol. The second kappa shape index (κ2) is 6.50. The fourth-order valence-corrected chi connectivity index (χ4v) is 1.66. The standard InChI is InChI=1S/C13H18ClNO3/c1-8(7-14)9(2)15-13(17)11-5-4-10(18-3)6-12(11)16/h4-6,8-9,16H,7H2,1-3H3,(H,15,17). The number of carbonyl (C=O) groups is 1. The summed E-state index contributed by atoms with van der Waals surface area (Å²) < 4.78 is 4.96. The lowest BCUT2D eigenvalue weighted by atomic mass is 10.1. The maximum absolute atomic E-state index is 11.9. The predicted molar refractivity (Wildman–Crippen MR) is 71.5 cm³/mol. The molecule has 1 aromatic rings. The van der Waals surface area contributed by atoms with E-state index in [9.17, 15) is 9.90 Å². The first-order valence-electron chi connectivity index (χ1n) is 5.73. The Kier molecular flexibility index (Phi) is 5.28. The Hall–Kier alpha value is -1.42. The van der Waals surface area contributed by atoms with Crippen LogP contribution in [0.4, 0.5) is 0 Å². The average molecular weight is 272 g/mol. The molecule has 0 saturated carbocycles. The molecule has 4 nitrogen and oxygen atoms in total. The number of alkyl halides is 1. The molecule has 0 aromatic heterocycles. The molecule has 2 atom stereocenters. The molecule has 1 amide bonds. The highest BCUT2D eigenvalue weighted by molar-refractivity contribution is 6.18. The van der Waals surface area contributed by atoms with Crippen molar-refractivity contribution in [1.29, 1.82) is 0 Å². The molecule has 1 rings (SSSR count). The number of hydrogen-bond acceptors (Lipinski definition) is 3. The van der Waals surface area contributed by atoms with Crippen LogP contribution in [0.2, 0.25) is 0 Å². The molecule has 1 aromatic carbocycles. The van der Waals surface area contributed by atoms with E-state index in [2.05, 4.69) is 5.32 Å². The van der Waals surface area contributed by atoms with Crippen LogP contribution in [0.25, 0.3) is 0 Å². The highest BCUT2D eigenvalue weighted by atomic mass is 35.5. The molecule has 0 aliphatic heterocycles. The minimum Gasteiger partial charge on any atom is -0.507 e. The number of hydrogen-bond donors (Lipinski definition) is 2. The van der Waals surface area contributed by atoms with E-state index in [0.717, 1.165) is 0 Å². The summed E-state index contributed by atoms with van der Waals surface area (Å²) in [6.45, 7) is 3.83. The van der Waals surface area contributed by atoms with Crippen LogP contribution in [-0.4, -0.2) is 30.0 Å². The number of amides is 1. The monoisotopic (exact) mass is 271 g/mol. The van der Waals surface area contributed by atoms with Crippen LogP contribution < -0.4 is 10.1 Å². The van der Waals surface area contributed by atoms with Gasteiger partial charge in [0, 0.05) is 18.0 Å². The first kappa shape index (κ1) is 14.6. The largest absolute Gasteiger partial charge is 0.507 e. The first-order chi connectivity index (χ1) is 8.49. The molecule has 18 heavy (non-hydrogen) atoms. The molecule has 0 bridgehead atoms. The van der Waals surface area contributed by atoms with Crippen LogP contribution in [0.3, 0.4) is 0 Å². The van der Waals surface area contributed by atoms with Crippen LogP contribution in [0.1, 0.15) is 24.2 Å². The van der Waals surface area contributed by atoms with Crippen LogP contribution in [0.5, 0.6) is 11.5 Å². The van der Waals surface area contributed by atoms with E-state index < -0.39 is 0 Å². The van der Waals surface area contributed by atoms with E-state index in [1.54, 1.807) is 6.07 Å². The minimum absolute atomic E-state index is 0.0588. The number of phenolic OH excluding ortho intramolecular Hbond substituents is 1. The van der Waals surface area contributed by atoms with Crippen molar-refractivity contribution in [2.75, 3.05) is 13.0 Å². The van der Waals surface area contributed by atoms with Gasteiger partial charge in [0.2, 0.25) is 0 Å². The van der Waals surface area contributed by atoms with Crippen molar-refractivity contribution < 1.29 is 14.6 Å². The van der Waals surface area contributed by atoms with Gasteiger partial charge < -0.3 is 15.2 Å². The smallest absolute Gasteiger partial charge is 0.255 e. The second-order valence-corrected chi connectivity index (χ2v) is 4.59. The Labute approximate surface area is 112 Å². The highest BCUT2D eigenvalue weighted by Crippen LogP contribution is 2.23. The summed E-state index contributed by atoms with van der Waals surface area (Å²) in [5.41, 5.74) is 0.226. The zero-order valence-electron chi connectivity index (χ0n) is 10.7. The molecule has 2 unspecified atom stereocenters. The molecule has 0 radical (unpaired) electrons. The van der Waals surface area contributed by atoms with Crippen molar-refractivity contribution in [2.24, 2.45) is 5.92 Å². The molecule has 5 heteroatoms. The topological polar surface area (TPSA) is 58.6 Å². The van der Waals surface area contributed by atoms with Crippen molar-refractivity contribution >= 4 is 17.5 Å². The summed E-state index contributed by atoms with van der Waals surface area (Å²) in [5, 5.41) is 12.5. The van der Waals surface area contributed by atoms with Crippen LogP contribution in [-0.2, 0) is 0 Å². The van der Waals surface area contributed by atoms with E-state index in [-0.39, 0.29) is 29.2 Å². The summed E-state index contributed by atoms with van der Waals surface area (Å²) in [5.74, 6) is 0.718. The van der Waals surface area contributed by atoms with E-state index in [0.29, 0.717) is 11.6 Å². The zero-order chi connectivity index (χ0) is 13.7. The first-order valence-corrected chi connectivity index (χ1v) is 6.26. The number of rotatable bonds is 5. The van der Waals surface area contributed by atoms with Gasteiger partial charge in [0.1, 0.15) is 11.5 Å². The SMILES string of the molecule is COc1ccc(C(=O)NC(C)C(C)CCl)c(O)c1. The number of ether oxygens (including phenoxy) is 1. The van der Waals surface area contributed by atoms with E-state index >= 15 is 0 Å². The maximum atomic E-state index is 11.9. The van der Waals surface area contributed by atoms with Gasteiger partial charge in [-0.2, -0.15) is 0 Å². The van der Waals surface area contributed by atoms with Crippen LogP contribution in [0.15, 0.2) is 18.2 Å². The third-order valence-corrected chi connectivity index (χ3v) is 3.39. The van der Waals surface area contributed by atoms with Crippen LogP contribution >= 0.6 is 11.6 Å². The van der Waals surface area contributed by atoms with E-state index in [4.69, 9.17) is 16.3 Å². The predicted octanol–water partition coefficient (Wildman–Crippen LogP) is 2.39. The molecule has 0 fully saturated rings. The Morgan fingerprint density at radius 3 is 2.67 bits per heavy atom. The summed E-state index contributed by atoms with van der Waals surface area (Å²) in [6, 6.07) is 4.51. The van der Waals surface area contributed by atoms with Crippen molar-refractivity contribution in [3.63, 3.8) is 0 Å². The molecule has 100 valence electrons. The van der Waals surface area contributed by atoms with Gasteiger partial charge in [-0.25, -0.2) is 0 Å². The van der Waals surface area contributed by atoms with Crippen molar-refractivity contribution in [3.05, 3.63) is 23.8 Å². The van der Waals surface area contributed by atoms with Gasteiger partial charge >= 0.3 is 0 Å². The lowest BCUT2D eigenvalue weighted by Crippen LogP contribution is -2.37. The minimum atomic E-state index is -0.320. The fraction of sp³-hybridized carbons (Fsp3) is 0.462. The van der Waals surface area contributed by atoms with Gasteiger partial charge in [-0.05, 0) is 25.0 Å². The van der Waals surface area contributed by atoms with Crippen molar-refractivity contribution in [1.82, 2.24) is 5.32 Å². The molecule has 0 aliphatic rings. The Morgan fingerprint density at radius 2 is 2.17 bits per heavy atom. The number of benzene rings is 1. The molecule has 0 heterocycles. The molecular formula is C13H18ClNO3. The third-order valence-electron chi connectivity index (χ3n) is 2.91. The zero-order valence-corrected chi connectivity index (χ0v) is 11.5. The fourth-order valence-electron chi connectivity index (χ4n) is 1.39. The summed E-state index contributed by atoms with van der Waals surface area (Å²) >= 11 is 5.73. The Balaban J connectivity index is 2.78. The van der Waals surface area contributed by atoms with Gasteiger partial charge in [-0.1, -0.05) is 6.92 Å². The number of methoxy groups -OCH3 is 1. The quantitative estimate of drug-likeness (QED) is 0.809. The number of phenols is 1. The lowest BCUT2D eigenvalue weighted by molar-refractivity contribution is 0.0928. The number of carbonyl (C=O) groups excluding carboxylic acids is 1. The molecule has 2 N–H and O–H groups in total. The summed E-state index contributed by atoms with van der Waals surface area (Å²) in [6.07, 6.45) is 0. The van der Waals surface area contributed by atoms with Crippen molar-refractivity contribution in [2.45, 2.75) is 19.9 Å². The number of halogens is 1. The van der Waals surface area contributed by atoms with Gasteiger partial charge in [-0.3, -0.25) is 4.79 Å². The molecule has 0 saturated heterocycles. The third kappa shape index (κ3) is 3.53. The number of nitrogens with one attached hydrogen (secondary N) is 1. The Bertz CT molecular complexity index is 423. The maximum Gasteiger partial charge on any atom is 0.255 e. The van der Waals surface area contributed by atoms with Crippen LogP contribution in [0, 0.1) is 5.92 Å². The highest BCUT2D eigenvalue weighted by Gasteiger charge is 2.17. The van der Waals surface area contributed by atoms with Gasteiger partial charge in [0.05, 0.1) is 12.7 Å². The van der Waals surface area contributed by atoms with E-state index in [1.165, 1.54) is 19.2 Å². The normalized spacial score (nSPS) is 13.8.